The number of rotatable bonds is 6. The molecule has 0 bridgehead atoms. The first-order valence-corrected chi connectivity index (χ1v) is 10.3. The second kappa shape index (κ2) is 7.51. The zero-order chi connectivity index (χ0) is 17.9. The molecular weight excluding hydrogens is 322 g/mol. The molecule has 1 aromatic rings. The average molecular weight is 349 g/mol. The van der Waals surface area contributed by atoms with E-state index in [9.17, 15) is 13.2 Å². The van der Waals surface area contributed by atoms with Crippen molar-refractivity contribution in [1.82, 2.24) is 0 Å². The quantitative estimate of drug-likeness (QED) is 0.783. The van der Waals surface area contributed by atoms with Gasteiger partial charge in [0.15, 0.2) is 9.84 Å². The molecule has 1 atom stereocenters. The van der Waals surface area contributed by atoms with Crippen LogP contribution in [0.1, 0.15) is 52.0 Å². The van der Waals surface area contributed by atoms with E-state index in [0.717, 1.165) is 18.5 Å². The highest BCUT2D eigenvalue weighted by molar-refractivity contribution is 7.94. The number of nitrogens with zero attached hydrogens (tertiary/aromatic N) is 1. The van der Waals surface area contributed by atoms with Gasteiger partial charge in [0.05, 0.1) is 11.8 Å². The van der Waals surface area contributed by atoms with E-state index >= 15 is 0 Å². The topological polar surface area (TPSA) is 54.5 Å². The van der Waals surface area contributed by atoms with Crippen molar-refractivity contribution < 1.29 is 13.2 Å². The lowest BCUT2D eigenvalue weighted by Crippen LogP contribution is -2.44. The highest BCUT2D eigenvalue weighted by atomic mass is 32.2. The Labute approximate surface area is 145 Å². The molecule has 0 aromatic heterocycles. The Morgan fingerprint density at radius 2 is 1.75 bits per heavy atom. The van der Waals surface area contributed by atoms with E-state index in [0.29, 0.717) is 5.92 Å². The van der Waals surface area contributed by atoms with Gasteiger partial charge in [0, 0.05) is 17.0 Å². The molecule has 0 radical (unpaired) electrons. The van der Waals surface area contributed by atoms with E-state index in [1.54, 1.807) is 11.0 Å². The summed E-state index contributed by atoms with van der Waals surface area (Å²) in [5, 5.41) is 1.23. The number of sulfone groups is 1. The lowest BCUT2D eigenvalue weighted by Gasteiger charge is -2.31. The van der Waals surface area contributed by atoms with Gasteiger partial charge in [0.1, 0.15) is 0 Å². The van der Waals surface area contributed by atoms with Gasteiger partial charge in [-0.15, -0.1) is 0 Å². The zero-order valence-electron chi connectivity index (χ0n) is 14.9. The number of hydrogen-bond donors (Lipinski definition) is 0. The van der Waals surface area contributed by atoms with Crippen LogP contribution in [0.3, 0.4) is 0 Å². The second-order valence-corrected chi connectivity index (χ2v) is 8.62. The van der Waals surface area contributed by atoms with Crippen molar-refractivity contribution in [3.8, 4) is 0 Å². The smallest absolute Gasteiger partial charge is 0.230 e. The van der Waals surface area contributed by atoms with Crippen molar-refractivity contribution in [3.63, 3.8) is 0 Å². The zero-order valence-corrected chi connectivity index (χ0v) is 15.7. The number of anilines is 1. The van der Waals surface area contributed by atoms with E-state index in [-0.39, 0.29) is 17.6 Å². The van der Waals surface area contributed by atoms with E-state index in [1.807, 2.05) is 38.1 Å². The standard InChI is InChI=1S/C19H27NO3S/c1-5-15(6-2)19(21)20(18-11-12-24(22,23)13-18)17-9-7-16(8-10-17)14(3)4/h7-12,14-15,18H,5-6,13H2,1-4H3. The van der Waals surface area contributed by atoms with Gasteiger partial charge in [-0.1, -0.05) is 39.8 Å². The van der Waals surface area contributed by atoms with E-state index in [2.05, 4.69) is 13.8 Å². The van der Waals surface area contributed by atoms with Crippen LogP contribution in [0, 0.1) is 5.92 Å². The number of carbonyl (C=O) groups excluding carboxylic acids is 1. The number of carbonyl (C=O) groups is 1. The lowest BCUT2D eigenvalue weighted by molar-refractivity contribution is -0.122. The largest absolute Gasteiger partial charge is 0.304 e. The summed E-state index contributed by atoms with van der Waals surface area (Å²) in [5.41, 5.74) is 1.96. The average Bonchev–Trinajstić information content (AvgIpc) is 2.89. The SMILES string of the molecule is CCC(CC)C(=O)N(c1ccc(C(C)C)cc1)C1C=CS(=O)(=O)C1. The van der Waals surface area contributed by atoms with Crippen LogP contribution in [0.25, 0.3) is 0 Å². The summed E-state index contributed by atoms with van der Waals surface area (Å²) in [6.07, 6.45) is 3.13. The fourth-order valence-corrected chi connectivity index (χ4v) is 4.32. The molecule has 5 heteroatoms. The Balaban J connectivity index is 2.39. The van der Waals surface area contributed by atoms with Crippen LogP contribution in [0.15, 0.2) is 35.7 Å². The van der Waals surface area contributed by atoms with Gasteiger partial charge < -0.3 is 4.90 Å². The lowest BCUT2D eigenvalue weighted by atomic mass is 9.99. The van der Waals surface area contributed by atoms with Gasteiger partial charge in [-0.2, -0.15) is 0 Å². The molecule has 132 valence electrons. The summed E-state index contributed by atoms with van der Waals surface area (Å²) in [6, 6.07) is 7.46. The minimum Gasteiger partial charge on any atom is -0.304 e. The first kappa shape index (κ1) is 18.7. The van der Waals surface area contributed by atoms with Crippen molar-refractivity contribution in [2.24, 2.45) is 5.92 Å². The molecule has 0 fully saturated rings. The van der Waals surface area contributed by atoms with Crippen molar-refractivity contribution >= 4 is 21.4 Å². The van der Waals surface area contributed by atoms with Crippen molar-refractivity contribution in [3.05, 3.63) is 41.3 Å². The van der Waals surface area contributed by atoms with Crippen LogP contribution in [0.4, 0.5) is 5.69 Å². The summed E-state index contributed by atoms with van der Waals surface area (Å²) < 4.78 is 23.7. The van der Waals surface area contributed by atoms with Gasteiger partial charge >= 0.3 is 0 Å². The molecule has 24 heavy (non-hydrogen) atoms. The molecule has 2 rings (SSSR count). The Bertz CT molecular complexity index is 701. The van der Waals surface area contributed by atoms with E-state index in [1.165, 1.54) is 11.0 Å². The Kier molecular flexibility index (Phi) is 5.86. The molecule has 1 unspecified atom stereocenters. The Hall–Kier alpha value is -1.62. The maximum Gasteiger partial charge on any atom is 0.230 e. The molecule has 1 heterocycles. The second-order valence-electron chi connectivity index (χ2n) is 6.69. The van der Waals surface area contributed by atoms with Gasteiger partial charge in [-0.05, 0) is 42.5 Å². The fourth-order valence-electron chi connectivity index (χ4n) is 3.06. The normalized spacial score (nSPS) is 19.2. The number of hydrogen-bond acceptors (Lipinski definition) is 3. The van der Waals surface area contributed by atoms with Crippen LogP contribution < -0.4 is 4.90 Å². The predicted molar refractivity (Wildman–Crippen MR) is 98.8 cm³/mol. The van der Waals surface area contributed by atoms with E-state index < -0.39 is 15.9 Å². The fraction of sp³-hybridized carbons (Fsp3) is 0.526. The molecule has 0 saturated heterocycles. The summed E-state index contributed by atoms with van der Waals surface area (Å²) >= 11 is 0. The number of benzene rings is 1. The molecule has 1 aromatic carbocycles. The van der Waals surface area contributed by atoms with Crippen LogP contribution in [0.5, 0.6) is 0 Å². The molecule has 0 spiro atoms. The maximum atomic E-state index is 13.0. The van der Waals surface area contributed by atoms with Gasteiger partial charge in [-0.25, -0.2) is 8.42 Å². The minimum absolute atomic E-state index is 0.00375. The van der Waals surface area contributed by atoms with Crippen molar-refractivity contribution in [2.45, 2.75) is 52.5 Å². The molecular formula is C19H27NO3S. The minimum atomic E-state index is -3.22. The monoisotopic (exact) mass is 349 g/mol. The van der Waals surface area contributed by atoms with Crippen LogP contribution in [-0.4, -0.2) is 26.1 Å². The third-order valence-corrected chi connectivity index (χ3v) is 6.03. The first-order chi connectivity index (χ1) is 11.3. The predicted octanol–water partition coefficient (Wildman–Crippen LogP) is 3.89. The summed E-state index contributed by atoms with van der Waals surface area (Å²) in [4.78, 5) is 14.7. The maximum absolute atomic E-state index is 13.0. The highest BCUT2D eigenvalue weighted by Crippen LogP contribution is 2.28. The van der Waals surface area contributed by atoms with Crippen molar-refractivity contribution in [2.75, 3.05) is 10.7 Å². The van der Waals surface area contributed by atoms with Crippen LogP contribution in [-0.2, 0) is 14.6 Å². The first-order valence-electron chi connectivity index (χ1n) is 8.63. The number of amides is 1. The third kappa shape index (κ3) is 4.07. The summed E-state index contributed by atoms with van der Waals surface area (Å²) in [5.74, 6) is 0.287. The van der Waals surface area contributed by atoms with Gasteiger partial charge in [0.2, 0.25) is 5.91 Å². The van der Waals surface area contributed by atoms with Crippen molar-refractivity contribution in [1.29, 1.82) is 0 Å². The summed E-state index contributed by atoms with van der Waals surface area (Å²) in [7, 11) is -3.22. The van der Waals surface area contributed by atoms with Crippen LogP contribution >= 0.6 is 0 Å². The molecule has 4 nitrogen and oxygen atoms in total. The molecule has 1 amide bonds. The molecule has 1 aliphatic rings. The van der Waals surface area contributed by atoms with Crippen LogP contribution in [0.2, 0.25) is 0 Å². The molecule has 0 aliphatic carbocycles. The van der Waals surface area contributed by atoms with Gasteiger partial charge in [0.25, 0.3) is 0 Å². The molecule has 0 N–H and O–H groups in total. The highest BCUT2D eigenvalue weighted by Gasteiger charge is 2.33. The molecule has 1 aliphatic heterocycles. The third-order valence-electron chi connectivity index (χ3n) is 4.65. The summed E-state index contributed by atoms with van der Waals surface area (Å²) in [6.45, 7) is 8.23. The Morgan fingerprint density at radius 1 is 1.17 bits per heavy atom. The van der Waals surface area contributed by atoms with E-state index in [4.69, 9.17) is 0 Å². The Morgan fingerprint density at radius 3 is 2.17 bits per heavy atom. The molecule has 0 saturated carbocycles. The van der Waals surface area contributed by atoms with Gasteiger partial charge in [-0.3, -0.25) is 4.79 Å².